The molecule has 11 heteroatoms. The number of sulfonamides is 1. The Bertz CT molecular complexity index is 1170. The Labute approximate surface area is 229 Å². The number of nitrogens with one attached hydrogen (secondary N) is 1. The summed E-state index contributed by atoms with van der Waals surface area (Å²) in [5.74, 6) is -0.391. The van der Waals surface area contributed by atoms with Gasteiger partial charge in [0.2, 0.25) is 21.8 Å². The van der Waals surface area contributed by atoms with Crippen LogP contribution >= 0.6 is 23.2 Å². The number of para-hydroxylation sites is 2. The van der Waals surface area contributed by atoms with E-state index in [2.05, 4.69) is 5.32 Å². The van der Waals surface area contributed by atoms with Gasteiger partial charge in [-0.25, -0.2) is 8.42 Å². The molecule has 0 fully saturated rings. The monoisotopic (exact) mass is 571 g/mol. The molecule has 204 valence electrons. The second kappa shape index (κ2) is 13.9. The molecule has 0 aliphatic rings. The molecule has 1 N–H and O–H groups in total. The molecule has 0 aliphatic heterocycles. The molecule has 2 aromatic carbocycles. The number of benzene rings is 2. The summed E-state index contributed by atoms with van der Waals surface area (Å²) in [6.45, 7) is 7.63. The SMILES string of the molecule is CCOc1ccccc1N(CC(=O)N(Cc1c(Cl)cccc1Cl)[C@@H](CC)C(=O)NCC(C)C)S(C)(=O)=O. The molecule has 2 rings (SSSR count). The molecule has 0 unspecified atom stereocenters. The number of nitrogens with zero attached hydrogens (tertiary/aromatic N) is 2. The molecule has 37 heavy (non-hydrogen) atoms. The van der Waals surface area contributed by atoms with Crippen molar-refractivity contribution in [2.45, 2.75) is 46.7 Å². The Morgan fingerprint density at radius 2 is 1.65 bits per heavy atom. The van der Waals surface area contributed by atoms with Crippen LogP contribution in [0, 0.1) is 5.92 Å². The Morgan fingerprint density at radius 3 is 2.19 bits per heavy atom. The van der Waals surface area contributed by atoms with Gasteiger partial charge in [0.15, 0.2) is 0 Å². The van der Waals surface area contributed by atoms with Crippen LogP contribution in [0.2, 0.25) is 10.0 Å². The lowest BCUT2D eigenvalue weighted by Crippen LogP contribution is -2.52. The second-order valence-electron chi connectivity index (χ2n) is 8.96. The number of rotatable bonds is 13. The fourth-order valence-electron chi connectivity index (χ4n) is 3.73. The average Bonchev–Trinajstić information content (AvgIpc) is 2.82. The van der Waals surface area contributed by atoms with Crippen molar-refractivity contribution in [2.24, 2.45) is 5.92 Å². The van der Waals surface area contributed by atoms with Crippen molar-refractivity contribution >= 4 is 50.7 Å². The fraction of sp³-hybridized carbons (Fsp3) is 0.462. The number of halogens is 2. The third kappa shape index (κ3) is 8.51. The van der Waals surface area contributed by atoms with Crippen LogP contribution in [0.3, 0.4) is 0 Å². The minimum absolute atomic E-state index is 0.0738. The highest BCUT2D eigenvalue weighted by molar-refractivity contribution is 7.92. The number of carbonyl (C=O) groups excluding carboxylic acids is 2. The summed E-state index contributed by atoms with van der Waals surface area (Å²) in [6.07, 6.45) is 1.32. The molecule has 0 saturated heterocycles. The Morgan fingerprint density at radius 1 is 1.03 bits per heavy atom. The molecule has 0 radical (unpaired) electrons. The predicted octanol–water partition coefficient (Wildman–Crippen LogP) is 4.74. The first kappa shape index (κ1) is 30.7. The van der Waals surface area contributed by atoms with Crippen molar-refractivity contribution in [3.05, 3.63) is 58.1 Å². The average molecular weight is 573 g/mol. The van der Waals surface area contributed by atoms with Gasteiger partial charge >= 0.3 is 0 Å². The van der Waals surface area contributed by atoms with E-state index >= 15 is 0 Å². The predicted molar refractivity (Wildman–Crippen MR) is 149 cm³/mol. The first-order valence-electron chi connectivity index (χ1n) is 12.1. The Balaban J connectivity index is 2.53. The number of hydrogen-bond donors (Lipinski definition) is 1. The highest BCUT2D eigenvalue weighted by Gasteiger charge is 2.33. The van der Waals surface area contributed by atoms with Crippen LogP contribution in [-0.4, -0.2) is 57.1 Å². The lowest BCUT2D eigenvalue weighted by atomic mass is 10.1. The van der Waals surface area contributed by atoms with E-state index < -0.39 is 28.5 Å². The first-order chi connectivity index (χ1) is 17.4. The number of ether oxygens (including phenoxy) is 1. The summed E-state index contributed by atoms with van der Waals surface area (Å²) < 4.78 is 32.3. The standard InChI is InChI=1S/C26H35Cl2N3O5S/c1-6-22(26(33)29-15-18(3)4)30(16-19-20(27)11-10-12-21(19)28)25(32)17-31(37(5,34)35)23-13-8-9-14-24(23)36-7-2/h8-14,18,22H,6-7,15-17H2,1-5H3,(H,29,33)/t22-/m0/s1. The van der Waals surface area contributed by atoms with Crippen LogP contribution in [0.15, 0.2) is 42.5 Å². The lowest BCUT2D eigenvalue weighted by molar-refractivity contribution is -0.140. The molecule has 0 bridgehead atoms. The maximum atomic E-state index is 13.8. The van der Waals surface area contributed by atoms with Gasteiger partial charge in [-0.1, -0.05) is 62.2 Å². The van der Waals surface area contributed by atoms with Gasteiger partial charge in [0.25, 0.3) is 0 Å². The minimum atomic E-state index is -3.90. The fourth-order valence-corrected chi connectivity index (χ4v) is 5.10. The third-order valence-corrected chi connectivity index (χ3v) is 7.41. The lowest BCUT2D eigenvalue weighted by Gasteiger charge is -2.33. The Kier molecular flexibility index (Phi) is 11.5. The highest BCUT2D eigenvalue weighted by Crippen LogP contribution is 2.31. The molecule has 0 spiro atoms. The van der Waals surface area contributed by atoms with E-state index in [1.807, 2.05) is 13.8 Å². The van der Waals surface area contributed by atoms with Crippen molar-refractivity contribution in [2.75, 3.05) is 30.3 Å². The number of anilines is 1. The van der Waals surface area contributed by atoms with Crippen molar-refractivity contribution in [3.63, 3.8) is 0 Å². The molecule has 0 aliphatic carbocycles. The molecular formula is C26H35Cl2N3O5S. The van der Waals surface area contributed by atoms with Gasteiger partial charge in [0.1, 0.15) is 18.3 Å². The normalized spacial score (nSPS) is 12.2. The summed E-state index contributed by atoms with van der Waals surface area (Å²) in [5.41, 5.74) is 0.697. The zero-order valence-electron chi connectivity index (χ0n) is 21.8. The van der Waals surface area contributed by atoms with E-state index in [1.54, 1.807) is 56.3 Å². The maximum absolute atomic E-state index is 13.8. The highest BCUT2D eigenvalue weighted by atomic mass is 35.5. The zero-order valence-corrected chi connectivity index (χ0v) is 24.2. The van der Waals surface area contributed by atoms with Crippen LogP contribution in [0.1, 0.15) is 39.7 Å². The van der Waals surface area contributed by atoms with Gasteiger partial charge in [-0.05, 0) is 43.5 Å². The van der Waals surface area contributed by atoms with E-state index in [9.17, 15) is 18.0 Å². The van der Waals surface area contributed by atoms with E-state index in [0.717, 1.165) is 10.6 Å². The molecule has 0 aromatic heterocycles. The smallest absolute Gasteiger partial charge is 0.244 e. The summed E-state index contributed by atoms with van der Waals surface area (Å²) >= 11 is 12.8. The van der Waals surface area contributed by atoms with E-state index in [4.69, 9.17) is 27.9 Å². The number of hydrogen-bond acceptors (Lipinski definition) is 5. The zero-order chi connectivity index (χ0) is 27.8. The second-order valence-corrected chi connectivity index (χ2v) is 11.7. The summed E-state index contributed by atoms with van der Waals surface area (Å²) in [6, 6.07) is 10.7. The molecule has 1 atom stereocenters. The van der Waals surface area contributed by atoms with Crippen LogP contribution in [0.4, 0.5) is 5.69 Å². The summed E-state index contributed by atoms with van der Waals surface area (Å²) in [5, 5.41) is 3.55. The maximum Gasteiger partial charge on any atom is 0.244 e. The van der Waals surface area contributed by atoms with Crippen LogP contribution in [-0.2, 0) is 26.2 Å². The van der Waals surface area contributed by atoms with Crippen LogP contribution in [0.5, 0.6) is 5.75 Å². The minimum Gasteiger partial charge on any atom is -0.492 e. The number of amides is 2. The van der Waals surface area contributed by atoms with Crippen molar-refractivity contribution in [3.8, 4) is 5.75 Å². The molecular weight excluding hydrogens is 537 g/mol. The van der Waals surface area contributed by atoms with Gasteiger partial charge in [0, 0.05) is 28.7 Å². The topological polar surface area (TPSA) is 96.0 Å². The van der Waals surface area contributed by atoms with Crippen molar-refractivity contribution < 1.29 is 22.7 Å². The van der Waals surface area contributed by atoms with Crippen LogP contribution in [0.25, 0.3) is 0 Å². The number of carbonyl (C=O) groups is 2. The quantitative estimate of drug-likeness (QED) is 0.374. The van der Waals surface area contributed by atoms with Gasteiger partial charge in [-0.15, -0.1) is 0 Å². The van der Waals surface area contributed by atoms with Gasteiger partial charge < -0.3 is 15.0 Å². The van der Waals surface area contributed by atoms with Crippen molar-refractivity contribution in [1.82, 2.24) is 10.2 Å². The molecule has 0 heterocycles. The van der Waals surface area contributed by atoms with E-state index in [1.165, 1.54) is 4.90 Å². The molecule has 2 aromatic rings. The van der Waals surface area contributed by atoms with Crippen molar-refractivity contribution in [1.29, 1.82) is 0 Å². The van der Waals surface area contributed by atoms with Crippen LogP contribution < -0.4 is 14.4 Å². The van der Waals surface area contributed by atoms with E-state index in [0.29, 0.717) is 40.9 Å². The Hall–Kier alpha value is -2.49. The molecule has 0 saturated carbocycles. The van der Waals surface area contributed by atoms with E-state index in [-0.39, 0.29) is 24.1 Å². The van der Waals surface area contributed by atoms with Gasteiger partial charge in [-0.3, -0.25) is 13.9 Å². The molecule has 8 nitrogen and oxygen atoms in total. The molecule has 2 amide bonds. The summed E-state index contributed by atoms with van der Waals surface area (Å²) in [7, 11) is -3.90. The summed E-state index contributed by atoms with van der Waals surface area (Å²) in [4.78, 5) is 28.3. The van der Waals surface area contributed by atoms with Gasteiger partial charge in [0.05, 0.1) is 18.6 Å². The van der Waals surface area contributed by atoms with Gasteiger partial charge in [-0.2, -0.15) is 0 Å². The third-order valence-electron chi connectivity index (χ3n) is 5.57. The largest absolute Gasteiger partial charge is 0.492 e. The first-order valence-corrected chi connectivity index (χ1v) is 14.7.